The van der Waals surface area contributed by atoms with Crippen LogP contribution in [0.2, 0.25) is 0 Å². The van der Waals surface area contributed by atoms with Gasteiger partial charge >= 0.3 is 6.36 Å². The number of amides is 1. The summed E-state index contributed by atoms with van der Waals surface area (Å²) < 4.78 is 40.8. The smallest absolute Gasteiger partial charge is 0.406 e. The van der Waals surface area contributed by atoms with Crippen molar-refractivity contribution in [1.29, 1.82) is 0 Å². The van der Waals surface area contributed by atoms with E-state index in [-0.39, 0.29) is 11.3 Å². The van der Waals surface area contributed by atoms with Crippen LogP contribution in [-0.2, 0) is 0 Å². The highest BCUT2D eigenvalue weighted by molar-refractivity contribution is 6.05. The average Bonchev–Trinajstić information content (AvgIpc) is 3.14. The van der Waals surface area contributed by atoms with Crippen molar-refractivity contribution in [3.8, 4) is 16.9 Å². The van der Waals surface area contributed by atoms with E-state index >= 15 is 0 Å². The topological polar surface area (TPSA) is 100 Å². The van der Waals surface area contributed by atoms with Gasteiger partial charge in [-0.05, 0) is 43.7 Å². The van der Waals surface area contributed by atoms with E-state index in [1.165, 1.54) is 24.7 Å². The number of nitrogens with one attached hydrogen (secondary N) is 1. The van der Waals surface area contributed by atoms with Gasteiger partial charge in [-0.25, -0.2) is 15.0 Å². The van der Waals surface area contributed by atoms with Crippen LogP contribution in [0.5, 0.6) is 5.75 Å². The molecule has 0 unspecified atom stereocenters. The van der Waals surface area contributed by atoms with Crippen molar-refractivity contribution in [2.45, 2.75) is 25.3 Å². The summed E-state index contributed by atoms with van der Waals surface area (Å²) in [6.45, 7) is 2.74. The van der Waals surface area contributed by atoms with Crippen molar-refractivity contribution in [3.05, 3.63) is 60.8 Å². The molecule has 1 aromatic carbocycles. The Hall–Kier alpha value is -3.73. The van der Waals surface area contributed by atoms with Crippen LogP contribution in [-0.4, -0.2) is 51.0 Å². The Morgan fingerprint density at radius 2 is 1.88 bits per heavy atom. The van der Waals surface area contributed by atoms with Gasteiger partial charge in [0, 0.05) is 48.5 Å². The molecule has 172 valence electrons. The van der Waals surface area contributed by atoms with Gasteiger partial charge in [0.05, 0.1) is 11.2 Å². The van der Waals surface area contributed by atoms with Gasteiger partial charge in [0.25, 0.3) is 5.91 Å². The third-order valence-corrected chi connectivity index (χ3v) is 5.10. The number of anilines is 2. The highest BCUT2D eigenvalue weighted by atomic mass is 19.4. The molecule has 2 N–H and O–H groups in total. The predicted molar refractivity (Wildman–Crippen MR) is 114 cm³/mol. The van der Waals surface area contributed by atoms with Gasteiger partial charge in [0.2, 0.25) is 0 Å². The number of halogens is 3. The molecule has 0 bridgehead atoms. The molecule has 0 spiro atoms. The number of nitrogens with zero attached hydrogens (tertiary/aromatic N) is 4. The lowest BCUT2D eigenvalue weighted by atomic mass is 10.1. The van der Waals surface area contributed by atoms with Crippen molar-refractivity contribution in [1.82, 2.24) is 15.0 Å². The highest BCUT2D eigenvalue weighted by Crippen LogP contribution is 2.33. The summed E-state index contributed by atoms with van der Waals surface area (Å²) in [6, 6.07) is 6.47. The fraction of sp³-hybridized carbons (Fsp3) is 0.273. The van der Waals surface area contributed by atoms with E-state index in [4.69, 9.17) is 0 Å². The van der Waals surface area contributed by atoms with Crippen LogP contribution in [0.3, 0.4) is 0 Å². The summed E-state index contributed by atoms with van der Waals surface area (Å²) in [4.78, 5) is 27.3. The SMILES string of the molecule is C[C@@]1(O)CCN(c2ncc(C(=O)Nc3ccc(OC(F)(F)F)cc3)cc2-c2cncnc2)C1. The zero-order valence-corrected chi connectivity index (χ0v) is 17.5. The number of pyridine rings is 1. The maximum Gasteiger partial charge on any atom is 0.573 e. The fourth-order valence-corrected chi connectivity index (χ4v) is 3.55. The molecule has 0 saturated carbocycles. The summed E-state index contributed by atoms with van der Waals surface area (Å²) >= 11 is 0. The van der Waals surface area contributed by atoms with Crippen LogP contribution < -0.4 is 15.0 Å². The molecule has 1 saturated heterocycles. The minimum Gasteiger partial charge on any atom is -0.406 e. The number of hydrogen-bond acceptors (Lipinski definition) is 7. The molecule has 2 aromatic heterocycles. The second kappa shape index (κ2) is 8.66. The molecule has 1 aliphatic rings. The molecule has 4 rings (SSSR count). The second-order valence-electron chi connectivity index (χ2n) is 7.92. The van der Waals surface area contributed by atoms with Crippen molar-refractivity contribution >= 4 is 17.4 Å². The minimum absolute atomic E-state index is 0.235. The van der Waals surface area contributed by atoms with Crippen molar-refractivity contribution in [2.24, 2.45) is 0 Å². The first-order valence-electron chi connectivity index (χ1n) is 10.00. The van der Waals surface area contributed by atoms with Crippen LogP contribution in [0.25, 0.3) is 11.1 Å². The normalized spacial score (nSPS) is 18.3. The minimum atomic E-state index is -4.79. The van der Waals surface area contributed by atoms with E-state index in [1.54, 1.807) is 25.4 Å². The van der Waals surface area contributed by atoms with Gasteiger partial charge in [0.15, 0.2) is 0 Å². The second-order valence-corrected chi connectivity index (χ2v) is 7.92. The molecule has 0 aliphatic carbocycles. The molecule has 8 nitrogen and oxygen atoms in total. The monoisotopic (exact) mass is 459 g/mol. The lowest BCUT2D eigenvalue weighted by molar-refractivity contribution is -0.274. The zero-order valence-electron chi connectivity index (χ0n) is 17.5. The standard InChI is InChI=1S/C22H20F3N5O3/c1-21(32)6-7-30(12-21)19-18(15-9-26-13-27-10-15)8-14(11-28-19)20(31)29-16-2-4-17(5-3-16)33-22(23,24)25/h2-5,8-11,13,32H,6-7,12H2,1H3,(H,29,31)/t21-/m1/s1. The summed E-state index contributed by atoms with van der Waals surface area (Å²) in [5.74, 6) is -0.294. The Balaban J connectivity index is 1.58. The quantitative estimate of drug-likeness (QED) is 0.601. The number of aromatic nitrogens is 3. The summed E-state index contributed by atoms with van der Waals surface area (Å²) in [5, 5.41) is 13.0. The number of hydrogen-bond donors (Lipinski definition) is 2. The molecule has 1 fully saturated rings. The zero-order chi connectivity index (χ0) is 23.6. The van der Waals surface area contributed by atoms with Crippen molar-refractivity contribution in [2.75, 3.05) is 23.3 Å². The lowest BCUT2D eigenvalue weighted by Gasteiger charge is -2.22. The molecule has 0 radical (unpaired) electrons. The van der Waals surface area contributed by atoms with Gasteiger partial charge < -0.3 is 20.1 Å². The first-order valence-corrected chi connectivity index (χ1v) is 10.00. The predicted octanol–water partition coefficient (Wildman–Crippen LogP) is 3.65. The number of alkyl halides is 3. The van der Waals surface area contributed by atoms with Gasteiger partial charge in [-0.1, -0.05) is 0 Å². The fourth-order valence-electron chi connectivity index (χ4n) is 3.55. The molecule has 11 heteroatoms. The molecule has 1 aliphatic heterocycles. The van der Waals surface area contributed by atoms with E-state index < -0.39 is 17.9 Å². The van der Waals surface area contributed by atoms with Crippen molar-refractivity contribution < 1.29 is 27.8 Å². The van der Waals surface area contributed by atoms with E-state index in [1.807, 2.05) is 4.90 Å². The number of benzene rings is 1. The first-order chi connectivity index (χ1) is 15.6. The van der Waals surface area contributed by atoms with E-state index in [9.17, 15) is 23.1 Å². The van der Waals surface area contributed by atoms with E-state index in [0.717, 1.165) is 12.1 Å². The van der Waals surface area contributed by atoms with Crippen LogP contribution in [0.1, 0.15) is 23.7 Å². The Labute approximate surface area is 187 Å². The highest BCUT2D eigenvalue weighted by Gasteiger charge is 2.33. The Kier molecular flexibility index (Phi) is 5.90. The molecular formula is C22H20F3N5O3. The summed E-state index contributed by atoms with van der Waals surface area (Å²) in [5.41, 5.74) is 0.951. The van der Waals surface area contributed by atoms with Gasteiger partial charge in [0.1, 0.15) is 17.9 Å². The maximum absolute atomic E-state index is 12.8. The van der Waals surface area contributed by atoms with Gasteiger partial charge in [-0.3, -0.25) is 4.79 Å². The molecular weight excluding hydrogens is 439 g/mol. The number of carbonyl (C=O) groups excluding carboxylic acids is 1. The van der Waals surface area contributed by atoms with Crippen LogP contribution in [0, 0.1) is 0 Å². The molecule has 1 atom stereocenters. The lowest BCUT2D eigenvalue weighted by Crippen LogP contribution is -2.30. The number of ether oxygens (including phenoxy) is 1. The molecule has 3 aromatic rings. The molecule has 3 heterocycles. The van der Waals surface area contributed by atoms with Crippen molar-refractivity contribution in [3.63, 3.8) is 0 Å². The third-order valence-electron chi connectivity index (χ3n) is 5.10. The van der Waals surface area contributed by atoms with Crippen LogP contribution in [0.15, 0.2) is 55.2 Å². The van der Waals surface area contributed by atoms with Gasteiger partial charge in [-0.15, -0.1) is 13.2 Å². The van der Waals surface area contributed by atoms with Crippen LogP contribution >= 0.6 is 0 Å². The van der Waals surface area contributed by atoms with E-state index in [2.05, 4.69) is 25.0 Å². The number of aliphatic hydroxyl groups is 1. The Bertz CT molecular complexity index is 1140. The molecule has 33 heavy (non-hydrogen) atoms. The maximum atomic E-state index is 12.8. The summed E-state index contributed by atoms with van der Waals surface area (Å²) in [6.07, 6.45) is 1.78. The van der Waals surface area contributed by atoms with Gasteiger partial charge in [-0.2, -0.15) is 0 Å². The number of β-amino-alcohol motifs (C(OH)–C–C–N with tert-alkyl or cyclic N) is 1. The Morgan fingerprint density at radius 1 is 1.18 bits per heavy atom. The number of carbonyl (C=O) groups is 1. The van der Waals surface area contributed by atoms with E-state index in [0.29, 0.717) is 42.1 Å². The largest absolute Gasteiger partial charge is 0.573 e. The summed E-state index contributed by atoms with van der Waals surface area (Å²) in [7, 11) is 0. The third kappa shape index (κ3) is 5.55. The molecule has 1 amide bonds. The average molecular weight is 459 g/mol. The van der Waals surface area contributed by atoms with Crippen LogP contribution in [0.4, 0.5) is 24.7 Å². The first kappa shape index (κ1) is 22.5. The Morgan fingerprint density at radius 3 is 2.48 bits per heavy atom. The number of rotatable bonds is 5.